The number of imidazole rings is 1. The maximum Gasteiger partial charge on any atom is 0.0992 e. The molecule has 2 heteroatoms. The Morgan fingerprint density at radius 1 is 1.38 bits per heavy atom. The first kappa shape index (κ1) is 8.30. The van der Waals surface area contributed by atoms with E-state index in [2.05, 4.69) is 41.6 Å². The van der Waals surface area contributed by atoms with Gasteiger partial charge >= 0.3 is 0 Å². The summed E-state index contributed by atoms with van der Waals surface area (Å²) in [6.45, 7) is 4.47. The molecule has 0 atom stereocenters. The Hall–Kier alpha value is -1.31. The average molecular weight is 174 g/mol. The van der Waals surface area contributed by atoms with Gasteiger partial charge in [-0.05, 0) is 24.0 Å². The van der Waals surface area contributed by atoms with Crippen molar-refractivity contribution in [2.24, 2.45) is 5.92 Å². The van der Waals surface area contributed by atoms with Gasteiger partial charge in [-0.2, -0.15) is 0 Å². The molecule has 2 heterocycles. The first-order valence-corrected chi connectivity index (χ1v) is 4.66. The van der Waals surface area contributed by atoms with E-state index >= 15 is 0 Å². The van der Waals surface area contributed by atoms with Crippen LogP contribution in [-0.4, -0.2) is 9.38 Å². The molecule has 0 aliphatic rings. The highest BCUT2D eigenvalue weighted by atomic mass is 15.0. The molecule has 0 bridgehead atoms. The fourth-order valence-corrected chi connectivity index (χ4v) is 1.56. The van der Waals surface area contributed by atoms with Crippen LogP contribution in [0.4, 0.5) is 0 Å². The Morgan fingerprint density at radius 2 is 2.23 bits per heavy atom. The van der Waals surface area contributed by atoms with Gasteiger partial charge in [-0.15, -0.1) is 0 Å². The molecule has 0 amide bonds. The van der Waals surface area contributed by atoms with E-state index in [1.165, 1.54) is 5.56 Å². The van der Waals surface area contributed by atoms with Crippen molar-refractivity contribution in [3.63, 3.8) is 0 Å². The molecule has 0 radical (unpaired) electrons. The van der Waals surface area contributed by atoms with Gasteiger partial charge < -0.3 is 4.40 Å². The number of fused-ring (bicyclic) bond motifs is 1. The molecule has 0 saturated carbocycles. The van der Waals surface area contributed by atoms with E-state index in [1.54, 1.807) is 0 Å². The minimum atomic E-state index is 0.709. The summed E-state index contributed by atoms with van der Waals surface area (Å²) in [6.07, 6.45) is 7.01. The fourth-order valence-electron chi connectivity index (χ4n) is 1.56. The molecule has 0 spiro atoms. The molecule has 0 aliphatic heterocycles. The second-order valence-corrected chi connectivity index (χ2v) is 3.86. The molecule has 2 aromatic rings. The van der Waals surface area contributed by atoms with E-state index in [4.69, 9.17) is 0 Å². The average Bonchev–Trinajstić information content (AvgIpc) is 2.49. The summed E-state index contributed by atoms with van der Waals surface area (Å²) in [6, 6.07) is 4.29. The standard InChI is InChI=1S/C11H14N2/c1-9(2)5-10-3-4-11-6-12-8-13(11)7-10/h3-4,6-9H,5H2,1-2H3. The molecule has 0 aliphatic carbocycles. The second-order valence-electron chi connectivity index (χ2n) is 3.86. The number of nitrogens with zero attached hydrogens (tertiary/aromatic N) is 2. The monoisotopic (exact) mass is 174 g/mol. The third-order valence-electron chi connectivity index (χ3n) is 2.11. The zero-order valence-corrected chi connectivity index (χ0v) is 8.07. The van der Waals surface area contributed by atoms with Crippen LogP contribution in [0.15, 0.2) is 30.9 Å². The topological polar surface area (TPSA) is 17.3 Å². The van der Waals surface area contributed by atoms with Crippen LogP contribution in [0.2, 0.25) is 0 Å². The number of hydrogen-bond donors (Lipinski definition) is 0. The minimum Gasteiger partial charge on any atom is -0.306 e. The Kier molecular flexibility index (Phi) is 2.05. The third kappa shape index (κ3) is 1.72. The molecule has 0 unspecified atom stereocenters. The fraction of sp³-hybridized carbons (Fsp3) is 0.364. The molecule has 0 aromatic carbocycles. The summed E-state index contributed by atoms with van der Waals surface area (Å²) < 4.78 is 2.07. The third-order valence-corrected chi connectivity index (χ3v) is 2.11. The number of rotatable bonds is 2. The van der Waals surface area contributed by atoms with Crippen LogP contribution in [0.3, 0.4) is 0 Å². The van der Waals surface area contributed by atoms with Crippen LogP contribution in [0, 0.1) is 5.92 Å². The summed E-state index contributed by atoms with van der Waals surface area (Å²) in [5.41, 5.74) is 2.54. The lowest BCUT2D eigenvalue weighted by molar-refractivity contribution is 0.645. The molecular formula is C11H14N2. The smallest absolute Gasteiger partial charge is 0.0992 e. The van der Waals surface area contributed by atoms with Crippen LogP contribution in [-0.2, 0) is 6.42 Å². The Bertz CT molecular complexity index is 401. The number of pyridine rings is 1. The van der Waals surface area contributed by atoms with Gasteiger partial charge in [-0.1, -0.05) is 19.9 Å². The van der Waals surface area contributed by atoms with Crippen LogP contribution < -0.4 is 0 Å². The van der Waals surface area contributed by atoms with Crippen molar-refractivity contribution >= 4 is 5.52 Å². The Labute approximate surface area is 78.2 Å². The summed E-state index contributed by atoms with van der Waals surface area (Å²) in [5, 5.41) is 0. The number of aromatic nitrogens is 2. The molecule has 2 nitrogen and oxygen atoms in total. The van der Waals surface area contributed by atoms with Gasteiger partial charge in [0.05, 0.1) is 18.0 Å². The predicted molar refractivity (Wildman–Crippen MR) is 53.7 cm³/mol. The SMILES string of the molecule is CC(C)Cc1ccc2cncn2c1. The van der Waals surface area contributed by atoms with E-state index in [0.717, 1.165) is 11.9 Å². The lowest BCUT2D eigenvalue weighted by atomic mass is 10.1. The highest BCUT2D eigenvalue weighted by molar-refractivity contribution is 5.45. The van der Waals surface area contributed by atoms with Crippen molar-refractivity contribution in [2.45, 2.75) is 20.3 Å². The molecule has 0 fully saturated rings. The summed E-state index contributed by atoms with van der Waals surface area (Å²) in [5.74, 6) is 0.709. The summed E-state index contributed by atoms with van der Waals surface area (Å²) in [4.78, 5) is 4.08. The maximum atomic E-state index is 4.08. The van der Waals surface area contributed by atoms with Crippen molar-refractivity contribution in [3.05, 3.63) is 36.4 Å². The molecule has 0 N–H and O–H groups in total. The van der Waals surface area contributed by atoms with E-state index in [9.17, 15) is 0 Å². The van der Waals surface area contributed by atoms with Crippen molar-refractivity contribution < 1.29 is 0 Å². The quantitative estimate of drug-likeness (QED) is 0.684. The van der Waals surface area contributed by atoms with Crippen molar-refractivity contribution in [2.75, 3.05) is 0 Å². The highest BCUT2D eigenvalue weighted by Gasteiger charge is 1.98. The zero-order valence-electron chi connectivity index (χ0n) is 8.07. The van der Waals surface area contributed by atoms with E-state index in [-0.39, 0.29) is 0 Å². The largest absolute Gasteiger partial charge is 0.306 e. The van der Waals surface area contributed by atoms with E-state index in [1.807, 2.05) is 12.5 Å². The molecular weight excluding hydrogens is 160 g/mol. The lowest BCUT2D eigenvalue weighted by Gasteiger charge is -2.04. The van der Waals surface area contributed by atoms with Gasteiger partial charge in [-0.25, -0.2) is 4.98 Å². The second kappa shape index (κ2) is 3.21. The van der Waals surface area contributed by atoms with E-state index < -0.39 is 0 Å². The van der Waals surface area contributed by atoms with Crippen molar-refractivity contribution in [3.8, 4) is 0 Å². The van der Waals surface area contributed by atoms with Gasteiger partial charge in [0.25, 0.3) is 0 Å². The molecule has 0 saturated heterocycles. The van der Waals surface area contributed by atoms with Crippen molar-refractivity contribution in [1.29, 1.82) is 0 Å². The zero-order chi connectivity index (χ0) is 9.26. The van der Waals surface area contributed by atoms with Gasteiger partial charge in [0.1, 0.15) is 0 Å². The molecule has 68 valence electrons. The first-order chi connectivity index (χ1) is 6.25. The minimum absolute atomic E-state index is 0.709. The summed E-state index contributed by atoms with van der Waals surface area (Å²) >= 11 is 0. The Morgan fingerprint density at radius 3 is 3.00 bits per heavy atom. The van der Waals surface area contributed by atoms with Gasteiger partial charge in [0.15, 0.2) is 0 Å². The highest BCUT2D eigenvalue weighted by Crippen LogP contribution is 2.10. The van der Waals surface area contributed by atoms with Crippen LogP contribution >= 0.6 is 0 Å². The van der Waals surface area contributed by atoms with Crippen molar-refractivity contribution in [1.82, 2.24) is 9.38 Å². The van der Waals surface area contributed by atoms with Gasteiger partial charge in [0, 0.05) is 6.20 Å². The number of hydrogen-bond acceptors (Lipinski definition) is 1. The van der Waals surface area contributed by atoms with Crippen LogP contribution in [0.25, 0.3) is 5.52 Å². The first-order valence-electron chi connectivity index (χ1n) is 4.66. The normalized spacial score (nSPS) is 11.3. The lowest BCUT2D eigenvalue weighted by Crippen LogP contribution is -1.95. The van der Waals surface area contributed by atoms with Gasteiger partial charge in [-0.3, -0.25) is 0 Å². The van der Waals surface area contributed by atoms with Gasteiger partial charge in [0.2, 0.25) is 0 Å². The molecule has 13 heavy (non-hydrogen) atoms. The molecule has 2 rings (SSSR count). The summed E-state index contributed by atoms with van der Waals surface area (Å²) in [7, 11) is 0. The maximum absolute atomic E-state index is 4.08. The van der Waals surface area contributed by atoms with E-state index in [0.29, 0.717) is 5.92 Å². The molecule has 2 aromatic heterocycles. The van der Waals surface area contributed by atoms with Crippen LogP contribution in [0.1, 0.15) is 19.4 Å². The Balaban J connectivity index is 2.37. The predicted octanol–water partition coefficient (Wildman–Crippen LogP) is 2.53. The van der Waals surface area contributed by atoms with Crippen LogP contribution in [0.5, 0.6) is 0 Å².